The lowest BCUT2D eigenvalue weighted by Crippen LogP contribution is -1.93. The van der Waals surface area contributed by atoms with E-state index >= 15 is 0 Å². The third-order valence-electron chi connectivity index (χ3n) is 3.11. The van der Waals surface area contributed by atoms with Crippen LogP contribution in [0, 0.1) is 0 Å². The number of ether oxygens (including phenoxy) is 1. The summed E-state index contributed by atoms with van der Waals surface area (Å²) in [6, 6.07) is 12.0. The summed E-state index contributed by atoms with van der Waals surface area (Å²) < 4.78 is 5.29. The van der Waals surface area contributed by atoms with Crippen LogP contribution in [-0.2, 0) is 0 Å². The van der Waals surface area contributed by atoms with E-state index in [1.54, 1.807) is 13.2 Å². The number of anilines is 2. The number of aromatic hydroxyl groups is 2. The number of benzene rings is 2. The van der Waals surface area contributed by atoms with E-state index in [2.05, 4.69) is 10.3 Å². The standard InChI is InChI=1S/C16H14N2O3S/c1-21-15-5-3-2-4-12(15)17-16-18-13(9-22-16)11-7-6-10(19)8-14(11)20/h2-9,19-20H,1H3,(H,17,18). The van der Waals surface area contributed by atoms with Crippen molar-refractivity contribution >= 4 is 22.2 Å². The Bertz CT molecular complexity index is 802. The van der Waals surface area contributed by atoms with E-state index in [0.717, 1.165) is 11.4 Å². The lowest BCUT2D eigenvalue weighted by molar-refractivity contribution is 0.417. The predicted molar refractivity (Wildman–Crippen MR) is 87.2 cm³/mol. The van der Waals surface area contributed by atoms with Gasteiger partial charge >= 0.3 is 0 Å². The summed E-state index contributed by atoms with van der Waals surface area (Å²) in [5, 5.41) is 24.9. The number of nitrogens with zero attached hydrogens (tertiary/aromatic N) is 1. The third kappa shape index (κ3) is 2.82. The maximum absolute atomic E-state index is 9.89. The molecule has 0 spiro atoms. The van der Waals surface area contributed by atoms with E-state index in [1.165, 1.54) is 23.5 Å². The Labute approximate surface area is 131 Å². The summed E-state index contributed by atoms with van der Waals surface area (Å²) in [6.07, 6.45) is 0. The molecule has 3 N–H and O–H groups in total. The number of methoxy groups -OCH3 is 1. The smallest absolute Gasteiger partial charge is 0.187 e. The molecule has 0 saturated carbocycles. The van der Waals surface area contributed by atoms with Crippen LogP contribution in [0.5, 0.6) is 17.2 Å². The second-order valence-corrected chi connectivity index (χ2v) is 5.42. The van der Waals surface area contributed by atoms with E-state index in [1.807, 2.05) is 29.6 Å². The normalized spacial score (nSPS) is 10.4. The largest absolute Gasteiger partial charge is 0.508 e. The van der Waals surface area contributed by atoms with E-state index in [-0.39, 0.29) is 11.5 Å². The Hall–Kier alpha value is -2.73. The Balaban J connectivity index is 1.88. The molecule has 5 nitrogen and oxygen atoms in total. The first-order valence-corrected chi connectivity index (χ1v) is 7.43. The molecule has 0 unspecified atom stereocenters. The van der Waals surface area contributed by atoms with Crippen LogP contribution in [0.15, 0.2) is 47.8 Å². The van der Waals surface area contributed by atoms with Crippen molar-refractivity contribution in [2.45, 2.75) is 0 Å². The fraction of sp³-hybridized carbons (Fsp3) is 0.0625. The average Bonchev–Trinajstić information content (AvgIpc) is 2.96. The van der Waals surface area contributed by atoms with Crippen LogP contribution in [0.4, 0.5) is 10.8 Å². The molecule has 3 rings (SSSR count). The van der Waals surface area contributed by atoms with Gasteiger partial charge in [-0.1, -0.05) is 12.1 Å². The number of aromatic nitrogens is 1. The van der Waals surface area contributed by atoms with Gasteiger partial charge in [0.25, 0.3) is 0 Å². The molecule has 0 saturated heterocycles. The quantitative estimate of drug-likeness (QED) is 0.679. The van der Waals surface area contributed by atoms with Gasteiger partial charge in [0.15, 0.2) is 5.13 Å². The molecule has 0 bridgehead atoms. The van der Waals surface area contributed by atoms with Crippen molar-refractivity contribution in [1.29, 1.82) is 0 Å². The van der Waals surface area contributed by atoms with Gasteiger partial charge in [-0.2, -0.15) is 0 Å². The minimum Gasteiger partial charge on any atom is -0.508 e. The van der Waals surface area contributed by atoms with Crippen LogP contribution in [0.2, 0.25) is 0 Å². The number of rotatable bonds is 4. The summed E-state index contributed by atoms with van der Waals surface area (Å²) in [7, 11) is 1.61. The maximum Gasteiger partial charge on any atom is 0.187 e. The van der Waals surface area contributed by atoms with Crippen LogP contribution < -0.4 is 10.1 Å². The molecule has 2 aromatic carbocycles. The molecule has 0 aliphatic heterocycles. The molecule has 112 valence electrons. The van der Waals surface area contributed by atoms with Gasteiger partial charge in [-0.3, -0.25) is 0 Å². The molecule has 22 heavy (non-hydrogen) atoms. The lowest BCUT2D eigenvalue weighted by atomic mass is 10.1. The zero-order chi connectivity index (χ0) is 15.5. The first-order valence-electron chi connectivity index (χ1n) is 6.55. The number of hydrogen-bond donors (Lipinski definition) is 3. The third-order valence-corrected chi connectivity index (χ3v) is 3.87. The van der Waals surface area contributed by atoms with Crippen LogP contribution in [0.1, 0.15) is 0 Å². The fourth-order valence-corrected chi connectivity index (χ4v) is 2.78. The molecular formula is C16H14N2O3S. The van der Waals surface area contributed by atoms with Gasteiger partial charge in [0.1, 0.15) is 17.2 Å². The van der Waals surface area contributed by atoms with Crippen molar-refractivity contribution in [3.63, 3.8) is 0 Å². The van der Waals surface area contributed by atoms with Gasteiger partial charge in [0, 0.05) is 17.0 Å². The summed E-state index contributed by atoms with van der Waals surface area (Å²) >= 11 is 1.42. The number of hydrogen-bond acceptors (Lipinski definition) is 6. The lowest BCUT2D eigenvalue weighted by Gasteiger charge is -2.08. The highest BCUT2D eigenvalue weighted by atomic mass is 32.1. The van der Waals surface area contributed by atoms with E-state index in [9.17, 15) is 10.2 Å². The average molecular weight is 314 g/mol. The Morgan fingerprint density at radius 2 is 1.95 bits per heavy atom. The van der Waals surface area contributed by atoms with Crippen molar-refractivity contribution < 1.29 is 14.9 Å². The highest BCUT2D eigenvalue weighted by Gasteiger charge is 2.11. The van der Waals surface area contributed by atoms with Gasteiger partial charge < -0.3 is 20.3 Å². The van der Waals surface area contributed by atoms with Gasteiger partial charge in [-0.05, 0) is 24.3 Å². The predicted octanol–water partition coefficient (Wildman–Crippen LogP) is 3.97. The van der Waals surface area contributed by atoms with Gasteiger partial charge in [-0.25, -0.2) is 4.98 Å². The Morgan fingerprint density at radius 3 is 2.73 bits per heavy atom. The van der Waals surface area contributed by atoms with Gasteiger partial charge in [0.2, 0.25) is 0 Å². The number of phenolic OH excluding ortho intramolecular Hbond substituents is 2. The van der Waals surface area contributed by atoms with Crippen LogP contribution >= 0.6 is 11.3 Å². The monoisotopic (exact) mass is 314 g/mol. The number of para-hydroxylation sites is 2. The van der Waals surface area contributed by atoms with Crippen LogP contribution in [-0.4, -0.2) is 22.3 Å². The summed E-state index contributed by atoms with van der Waals surface area (Å²) in [4.78, 5) is 4.45. The molecule has 6 heteroatoms. The molecule has 0 fully saturated rings. The minimum atomic E-state index is -0.00542. The molecule has 0 aliphatic carbocycles. The number of thiazole rings is 1. The van der Waals surface area contributed by atoms with E-state index in [4.69, 9.17) is 4.74 Å². The van der Waals surface area contributed by atoms with Gasteiger partial charge in [-0.15, -0.1) is 11.3 Å². The summed E-state index contributed by atoms with van der Waals surface area (Å²) in [5.74, 6) is 0.740. The minimum absolute atomic E-state index is 0.00542. The molecule has 1 heterocycles. The Kier molecular flexibility index (Phi) is 3.84. The molecule has 3 aromatic rings. The highest BCUT2D eigenvalue weighted by Crippen LogP contribution is 2.35. The van der Waals surface area contributed by atoms with E-state index in [0.29, 0.717) is 16.4 Å². The number of nitrogens with one attached hydrogen (secondary N) is 1. The van der Waals surface area contributed by atoms with Crippen molar-refractivity contribution in [2.24, 2.45) is 0 Å². The highest BCUT2D eigenvalue weighted by molar-refractivity contribution is 7.14. The van der Waals surface area contributed by atoms with Crippen molar-refractivity contribution in [3.05, 3.63) is 47.8 Å². The van der Waals surface area contributed by atoms with Crippen molar-refractivity contribution in [1.82, 2.24) is 4.98 Å². The molecule has 0 atom stereocenters. The second-order valence-electron chi connectivity index (χ2n) is 4.56. The molecule has 1 aromatic heterocycles. The zero-order valence-corrected chi connectivity index (χ0v) is 12.6. The molecule has 0 radical (unpaired) electrons. The second kappa shape index (κ2) is 5.95. The summed E-state index contributed by atoms with van der Waals surface area (Å²) in [5.41, 5.74) is 2.03. The Morgan fingerprint density at radius 1 is 1.14 bits per heavy atom. The topological polar surface area (TPSA) is 74.6 Å². The van der Waals surface area contributed by atoms with Crippen molar-refractivity contribution in [2.75, 3.05) is 12.4 Å². The first kappa shape index (κ1) is 14.2. The van der Waals surface area contributed by atoms with E-state index < -0.39 is 0 Å². The maximum atomic E-state index is 9.89. The molecule has 0 amide bonds. The molecule has 0 aliphatic rings. The van der Waals surface area contributed by atoms with Crippen molar-refractivity contribution in [3.8, 4) is 28.5 Å². The summed E-state index contributed by atoms with van der Waals surface area (Å²) in [6.45, 7) is 0. The van der Waals surface area contributed by atoms with Crippen LogP contribution in [0.3, 0.4) is 0 Å². The first-order chi connectivity index (χ1) is 10.7. The van der Waals surface area contributed by atoms with Gasteiger partial charge in [0.05, 0.1) is 18.5 Å². The fourth-order valence-electron chi connectivity index (χ4n) is 2.05. The van der Waals surface area contributed by atoms with Crippen LogP contribution in [0.25, 0.3) is 11.3 Å². The zero-order valence-electron chi connectivity index (χ0n) is 11.8. The molecular weight excluding hydrogens is 300 g/mol. The SMILES string of the molecule is COc1ccccc1Nc1nc(-c2ccc(O)cc2O)cs1. The number of phenols is 2.